The van der Waals surface area contributed by atoms with Crippen molar-refractivity contribution in [2.24, 2.45) is 0 Å². The molecule has 8 rings (SSSR count). The highest BCUT2D eigenvalue weighted by Crippen LogP contribution is 2.45. The van der Waals surface area contributed by atoms with E-state index in [0.29, 0.717) is 0 Å². The van der Waals surface area contributed by atoms with E-state index in [1.54, 1.807) is 11.3 Å². The number of thiophene rings is 1. The number of aromatic nitrogens is 1. The van der Waals surface area contributed by atoms with Gasteiger partial charge < -0.3 is 4.90 Å². The minimum Gasteiger partial charge on any atom is -0.309 e. The van der Waals surface area contributed by atoms with Crippen molar-refractivity contribution < 1.29 is 0 Å². The Hall–Kier alpha value is -4.99. The number of anilines is 3. The Balaban J connectivity index is 1.35. The van der Waals surface area contributed by atoms with Gasteiger partial charge >= 0.3 is 0 Å². The van der Waals surface area contributed by atoms with Crippen molar-refractivity contribution in [1.82, 2.24) is 4.98 Å². The zero-order valence-electron chi connectivity index (χ0n) is 21.7. The van der Waals surface area contributed by atoms with Crippen molar-refractivity contribution in [2.45, 2.75) is 0 Å². The number of benzene rings is 6. The van der Waals surface area contributed by atoms with Gasteiger partial charge in [-0.1, -0.05) is 97.1 Å². The van der Waals surface area contributed by atoms with Crippen LogP contribution in [0.5, 0.6) is 0 Å². The molecule has 3 heteroatoms. The van der Waals surface area contributed by atoms with Crippen LogP contribution in [0.25, 0.3) is 53.0 Å². The van der Waals surface area contributed by atoms with Gasteiger partial charge in [-0.05, 0) is 75.1 Å². The van der Waals surface area contributed by atoms with Crippen LogP contribution in [0.2, 0.25) is 0 Å². The van der Waals surface area contributed by atoms with E-state index < -0.39 is 0 Å². The average molecular weight is 529 g/mol. The van der Waals surface area contributed by atoms with Crippen LogP contribution < -0.4 is 4.90 Å². The summed E-state index contributed by atoms with van der Waals surface area (Å²) >= 11 is 1.76. The molecule has 188 valence electrons. The molecule has 40 heavy (non-hydrogen) atoms. The third kappa shape index (κ3) is 3.75. The highest BCUT2D eigenvalue weighted by Gasteiger charge is 2.19. The lowest BCUT2D eigenvalue weighted by Crippen LogP contribution is -2.10. The third-order valence-electron chi connectivity index (χ3n) is 7.71. The summed E-state index contributed by atoms with van der Waals surface area (Å²) < 4.78 is 1.24. The van der Waals surface area contributed by atoms with E-state index in [0.717, 1.165) is 21.9 Å². The number of hydrogen-bond donors (Lipinski definition) is 0. The molecule has 0 N–H and O–H groups in total. The van der Waals surface area contributed by atoms with Gasteiger partial charge in [0.25, 0.3) is 0 Å². The van der Waals surface area contributed by atoms with Gasteiger partial charge in [0.05, 0.1) is 10.4 Å². The Morgan fingerprint density at radius 3 is 2.08 bits per heavy atom. The first-order chi connectivity index (χ1) is 19.8. The van der Waals surface area contributed by atoms with Crippen LogP contribution in [-0.4, -0.2) is 4.98 Å². The van der Waals surface area contributed by atoms with Crippen molar-refractivity contribution in [3.8, 4) is 11.1 Å². The summed E-state index contributed by atoms with van der Waals surface area (Å²) in [6.07, 6.45) is 1.88. The molecule has 0 saturated carbocycles. The highest BCUT2D eigenvalue weighted by molar-refractivity contribution is 7.26. The molecule has 0 aliphatic rings. The van der Waals surface area contributed by atoms with E-state index in [2.05, 4.69) is 143 Å². The maximum absolute atomic E-state index is 4.68. The van der Waals surface area contributed by atoms with E-state index in [1.807, 2.05) is 12.3 Å². The number of pyridine rings is 1. The van der Waals surface area contributed by atoms with Crippen molar-refractivity contribution >= 4 is 70.2 Å². The second-order valence-electron chi connectivity index (χ2n) is 10.1. The summed E-state index contributed by atoms with van der Waals surface area (Å²) in [7, 11) is 0. The molecule has 2 aromatic heterocycles. The maximum atomic E-state index is 4.68. The zero-order chi connectivity index (χ0) is 26.5. The Kier molecular flexibility index (Phi) is 5.35. The van der Waals surface area contributed by atoms with Crippen LogP contribution >= 0.6 is 11.3 Å². The molecule has 0 saturated heterocycles. The molecule has 8 aromatic rings. The van der Waals surface area contributed by atoms with Gasteiger partial charge in [0.15, 0.2) is 0 Å². The number of hydrogen-bond acceptors (Lipinski definition) is 3. The first-order valence-corrected chi connectivity index (χ1v) is 14.3. The van der Waals surface area contributed by atoms with Crippen LogP contribution in [0.1, 0.15) is 0 Å². The first-order valence-electron chi connectivity index (χ1n) is 13.5. The fraction of sp³-hybridized carbons (Fsp3) is 0. The standard InChI is InChI=1S/C37H24N2S/c1-2-8-25(9-3-1)26-17-19-29(20-18-26)39(35-14-6-12-33-34-13-7-23-38-37(34)40-36(33)35)30-21-22-32-28(24-30)16-15-27-10-4-5-11-31(27)32/h1-24H. The molecule has 0 amide bonds. The normalized spacial score (nSPS) is 11.5. The van der Waals surface area contributed by atoms with Crippen molar-refractivity contribution in [2.75, 3.05) is 4.90 Å². The summed E-state index contributed by atoms with van der Waals surface area (Å²) in [4.78, 5) is 8.13. The lowest BCUT2D eigenvalue weighted by molar-refractivity contribution is 1.31. The Morgan fingerprint density at radius 2 is 1.18 bits per heavy atom. The predicted molar refractivity (Wildman–Crippen MR) is 172 cm³/mol. The largest absolute Gasteiger partial charge is 0.309 e. The molecular formula is C37H24N2S. The van der Waals surface area contributed by atoms with E-state index in [1.165, 1.54) is 48.1 Å². The summed E-state index contributed by atoms with van der Waals surface area (Å²) in [5.41, 5.74) is 5.84. The number of rotatable bonds is 4. The first kappa shape index (κ1) is 22.9. The summed E-state index contributed by atoms with van der Waals surface area (Å²) in [5.74, 6) is 0. The van der Waals surface area contributed by atoms with E-state index in [-0.39, 0.29) is 0 Å². The third-order valence-corrected chi connectivity index (χ3v) is 8.87. The monoisotopic (exact) mass is 528 g/mol. The van der Waals surface area contributed by atoms with Gasteiger partial charge in [0.1, 0.15) is 4.83 Å². The smallest absolute Gasteiger partial charge is 0.124 e. The fourth-order valence-corrected chi connectivity index (χ4v) is 6.94. The van der Waals surface area contributed by atoms with E-state index in [4.69, 9.17) is 0 Å². The van der Waals surface area contributed by atoms with Gasteiger partial charge in [-0.2, -0.15) is 0 Å². The van der Waals surface area contributed by atoms with Gasteiger partial charge in [0.2, 0.25) is 0 Å². The van der Waals surface area contributed by atoms with E-state index >= 15 is 0 Å². The minimum atomic E-state index is 1.06. The fourth-order valence-electron chi connectivity index (χ4n) is 5.79. The lowest BCUT2D eigenvalue weighted by atomic mass is 10.0. The SMILES string of the molecule is c1ccc(-c2ccc(N(c3ccc4c(ccc5ccccc54)c3)c3cccc4c3sc3ncccc34)cc2)cc1. The average Bonchev–Trinajstić information content (AvgIpc) is 3.41. The summed E-state index contributed by atoms with van der Waals surface area (Å²) in [5, 5.41) is 7.48. The molecule has 6 aromatic carbocycles. The second-order valence-corrected chi connectivity index (χ2v) is 11.1. The molecule has 0 fully saturated rings. The van der Waals surface area contributed by atoms with Crippen LogP contribution in [-0.2, 0) is 0 Å². The molecule has 0 aliphatic heterocycles. The van der Waals surface area contributed by atoms with Crippen molar-refractivity contribution in [3.05, 3.63) is 146 Å². The number of nitrogens with zero attached hydrogens (tertiary/aromatic N) is 2. The molecule has 0 radical (unpaired) electrons. The van der Waals surface area contributed by atoms with Crippen LogP contribution in [0, 0.1) is 0 Å². The maximum Gasteiger partial charge on any atom is 0.124 e. The van der Waals surface area contributed by atoms with E-state index in [9.17, 15) is 0 Å². The van der Waals surface area contributed by atoms with Gasteiger partial charge in [-0.3, -0.25) is 0 Å². The Bertz CT molecular complexity index is 2160. The van der Waals surface area contributed by atoms with Crippen molar-refractivity contribution in [1.29, 1.82) is 0 Å². The Morgan fingerprint density at radius 1 is 0.475 bits per heavy atom. The minimum absolute atomic E-state index is 1.06. The predicted octanol–water partition coefficient (Wildman–Crippen LogP) is 10.9. The lowest BCUT2D eigenvalue weighted by Gasteiger charge is -2.26. The quantitative estimate of drug-likeness (QED) is 0.211. The molecule has 0 aliphatic carbocycles. The molecule has 0 spiro atoms. The topological polar surface area (TPSA) is 16.1 Å². The van der Waals surface area contributed by atoms with Crippen LogP contribution in [0.15, 0.2) is 146 Å². The van der Waals surface area contributed by atoms with Gasteiger partial charge in [0, 0.05) is 28.3 Å². The summed E-state index contributed by atoms with van der Waals surface area (Å²) in [6, 6.07) is 50.2. The molecular weight excluding hydrogens is 504 g/mol. The molecule has 2 nitrogen and oxygen atoms in total. The molecule has 0 atom stereocenters. The van der Waals surface area contributed by atoms with Gasteiger partial charge in [-0.25, -0.2) is 4.98 Å². The summed E-state index contributed by atoms with van der Waals surface area (Å²) in [6.45, 7) is 0. The van der Waals surface area contributed by atoms with Crippen LogP contribution in [0.3, 0.4) is 0 Å². The molecule has 2 heterocycles. The molecule has 0 unspecified atom stereocenters. The Labute approximate surface area is 236 Å². The van der Waals surface area contributed by atoms with Crippen molar-refractivity contribution in [3.63, 3.8) is 0 Å². The van der Waals surface area contributed by atoms with Crippen LogP contribution in [0.4, 0.5) is 17.1 Å². The highest BCUT2D eigenvalue weighted by atomic mass is 32.1. The molecule has 0 bridgehead atoms. The second kappa shape index (κ2) is 9.33. The number of fused-ring (bicyclic) bond motifs is 6. The zero-order valence-corrected chi connectivity index (χ0v) is 22.5. The van der Waals surface area contributed by atoms with Gasteiger partial charge in [-0.15, -0.1) is 11.3 Å².